The minimum Gasteiger partial charge on any atom is -0.486 e. The van der Waals surface area contributed by atoms with Crippen LogP contribution in [0.3, 0.4) is 0 Å². The van der Waals surface area contributed by atoms with Crippen LogP contribution in [0.1, 0.15) is 37.0 Å². The summed E-state index contributed by atoms with van der Waals surface area (Å²) in [6.45, 7) is 3.26. The smallest absolute Gasteiger partial charge is 0.255 e. The second-order valence-electron chi connectivity index (χ2n) is 7.24. The van der Waals surface area contributed by atoms with Crippen molar-refractivity contribution in [2.75, 3.05) is 20.3 Å². The molecule has 146 valence electrons. The number of ether oxygens (including phenoxy) is 3. The van der Waals surface area contributed by atoms with Crippen molar-refractivity contribution in [2.24, 2.45) is 0 Å². The molecule has 1 aliphatic rings. The number of benzene rings is 2. The highest BCUT2D eigenvalue weighted by Gasteiger charge is 2.34. The summed E-state index contributed by atoms with van der Waals surface area (Å²) >= 11 is 0. The van der Waals surface area contributed by atoms with Crippen molar-refractivity contribution in [3.05, 3.63) is 76.1 Å². The fourth-order valence-electron chi connectivity index (χ4n) is 3.90. The predicted molar refractivity (Wildman–Crippen MR) is 109 cm³/mol. The van der Waals surface area contributed by atoms with E-state index in [0.717, 1.165) is 35.1 Å². The molecule has 0 spiro atoms. The molecule has 1 atom stereocenters. The summed E-state index contributed by atoms with van der Waals surface area (Å²) in [6.07, 6.45) is 1.25. The zero-order chi connectivity index (χ0) is 19.6. The van der Waals surface area contributed by atoms with Gasteiger partial charge in [-0.1, -0.05) is 30.3 Å². The van der Waals surface area contributed by atoms with Gasteiger partial charge in [0.1, 0.15) is 11.9 Å². The average molecular weight is 379 g/mol. The first-order chi connectivity index (χ1) is 13.6. The van der Waals surface area contributed by atoms with E-state index in [4.69, 9.17) is 14.2 Å². The average Bonchev–Trinajstić information content (AvgIpc) is 2.74. The van der Waals surface area contributed by atoms with Gasteiger partial charge in [0.2, 0.25) is 0 Å². The molecule has 0 radical (unpaired) electrons. The Morgan fingerprint density at radius 3 is 2.64 bits per heavy atom. The second-order valence-corrected chi connectivity index (χ2v) is 7.24. The fourth-order valence-corrected chi connectivity index (χ4v) is 3.90. The van der Waals surface area contributed by atoms with Crippen LogP contribution in [0.4, 0.5) is 0 Å². The van der Waals surface area contributed by atoms with E-state index >= 15 is 0 Å². The molecule has 1 aromatic heterocycles. The molecule has 2 aromatic carbocycles. The minimum absolute atomic E-state index is 0.125. The molecule has 0 saturated carbocycles. The number of nitrogens with one attached hydrogen (secondary N) is 1. The number of methoxy groups -OCH3 is 1. The summed E-state index contributed by atoms with van der Waals surface area (Å²) in [4.78, 5) is 15.4. The number of aromatic nitrogens is 1. The van der Waals surface area contributed by atoms with E-state index in [2.05, 4.69) is 11.1 Å². The monoisotopic (exact) mass is 379 g/mol. The van der Waals surface area contributed by atoms with E-state index in [1.54, 1.807) is 7.11 Å². The summed E-state index contributed by atoms with van der Waals surface area (Å²) < 4.78 is 17.5. The standard InChI is InChI=1S/C23H25NO4/c1-16(20-14-17-6-3-4-9-21(17)24-22(20)25)28-19-8-5-7-18(15-19)23(26-2)10-12-27-13-11-23/h3-9,14-16H,10-13H2,1-2H3,(H,24,25). The number of rotatable bonds is 5. The third-order valence-electron chi connectivity index (χ3n) is 5.58. The Morgan fingerprint density at radius 2 is 1.86 bits per heavy atom. The highest BCUT2D eigenvalue weighted by atomic mass is 16.5. The lowest BCUT2D eigenvalue weighted by molar-refractivity contribution is -0.0948. The van der Waals surface area contributed by atoms with Gasteiger partial charge in [0.05, 0.1) is 11.2 Å². The Kier molecular flexibility index (Phi) is 5.20. The van der Waals surface area contributed by atoms with Gasteiger partial charge >= 0.3 is 0 Å². The largest absolute Gasteiger partial charge is 0.486 e. The normalized spacial score (nSPS) is 17.4. The Bertz CT molecular complexity index is 1020. The van der Waals surface area contributed by atoms with Crippen molar-refractivity contribution in [2.45, 2.75) is 31.5 Å². The first-order valence-corrected chi connectivity index (χ1v) is 9.63. The van der Waals surface area contributed by atoms with Crippen LogP contribution < -0.4 is 10.3 Å². The predicted octanol–water partition coefficient (Wildman–Crippen LogP) is 4.32. The quantitative estimate of drug-likeness (QED) is 0.717. The number of pyridine rings is 1. The van der Waals surface area contributed by atoms with Crippen LogP contribution in [0.15, 0.2) is 59.4 Å². The molecule has 1 N–H and O–H groups in total. The minimum atomic E-state index is -0.378. The summed E-state index contributed by atoms with van der Waals surface area (Å²) in [5, 5.41) is 0.988. The summed E-state index contributed by atoms with van der Waals surface area (Å²) in [5.74, 6) is 0.723. The first-order valence-electron chi connectivity index (χ1n) is 9.63. The van der Waals surface area contributed by atoms with E-state index in [1.165, 1.54) is 0 Å². The molecule has 0 amide bonds. The molecule has 1 saturated heterocycles. The molecular weight excluding hydrogens is 354 g/mol. The maximum atomic E-state index is 12.5. The van der Waals surface area contributed by atoms with Gasteiger partial charge in [-0.2, -0.15) is 0 Å². The van der Waals surface area contributed by atoms with Gasteiger partial charge in [-0.3, -0.25) is 4.79 Å². The molecule has 1 aliphatic heterocycles. The van der Waals surface area contributed by atoms with Crippen LogP contribution >= 0.6 is 0 Å². The van der Waals surface area contributed by atoms with E-state index < -0.39 is 0 Å². The van der Waals surface area contributed by atoms with Crippen LogP contribution in [-0.2, 0) is 15.1 Å². The van der Waals surface area contributed by atoms with Crippen LogP contribution in [0.25, 0.3) is 10.9 Å². The first kappa shape index (κ1) is 18.7. The Hall–Kier alpha value is -2.63. The molecule has 1 unspecified atom stereocenters. The molecule has 5 nitrogen and oxygen atoms in total. The maximum absolute atomic E-state index is 12.5. The Morgan fingerprint density at radius 1 is 1.07 bits per heavy atom. The van der Waals surface area contributed by atoms with Gasteiger partial charge in [0, 0.05) is 38.7 Å². The fraction of sp³-hybridized carbons (Fsp3) is 0.348. The van der Waals surface area contributed by atoms with Gasteiger partial charge in [0.25, 0.3) is 5.56 Å². The lowest BCUT2D eigenvalue weighted by atomic mass is 9.86. The van der Waals surface area contributed by atoms with Crippen molar-refractivity contribution in [3.63, 3.8) is 0 Å². The van der Waals surface area contributed by atoms with Crippen molar-refractivity contribution >= 4 is 10.9 Å². The van der Waals surface area contributed by atoms with E-state index in [-0.39, 0.29) is 17.3 Å². The highest BCUT2D eigenvalue weighted by molar-refractivity contribution is 5.78. The third-order valence-corrected chi connectivity index (χ3v) is 5.58. The summed E-state index contributed by atoms with van der Waals surface area (Å²) in [7, 11) is 1.75. The molecule has 28 heavy (non-hydrogen) atoms. The van der Waals surface area contributed by atoms with Crippen molar-refractivity contribution in [3.8, 4) is 5.75 Å². The van der Waals surface area contributed by atoms with E-state index in [1.807, 2.05) is 55.5 Å². The van der Waals surface area contributed by atoms with Gasteiger partial charge in [-0.05, 0) is 42.1 Å². The van der Waals surface area contributed by atoms with Gasteiger partial charge < -0.3 is 19.2 Å². The van der Waals surface area contributed by atoms with Crippen molar-refractivity contribution in [1.29, 1.82) is 0 Å². The number of hydrogen-bond acceptors (Lipinski definition) is 4. The van der Waals surface area contributed by atoms with Crippen LogP contribution in [0.5, 0.6) is 5.75 Å². The van der Waals surface area contributed by atoms with E-state index in [9.17, 15) is 4.79 Å². The molecule has 3 aromatic rings. The SMILES string of the molecule is COC1(c2cccc(OC(C)c3cc4ccccc4[nH]c3=O)c2)CCOCC1. The topological polar surface area (TPSA) is 60.5 Å². The number of fused-ring (bicyclic) bond motifs is 1. The van der Waals surface area contributed by atoms with Gasteiger partial charge in [-0.25, -0.2) is 0 Å². The second kappa shape index (κ2) is 7.78. The lowest BCUT2D eigenvalue weighted by Gasteiger charge is -2.36. The summed E-state index contributed by atoms with van der Waals surface area (Å²) in [6, 6.07) is 17.6. The summed E-state index contributed by atoms with van der Waals surface area (Å²) in [5.41, 5.74) is 2.04. The molecule has 0 bridgehead atoms. The number of para-hydroxylation sites is 1. The zero-order valence-corrected chi connectivity index (χ0v) is 16.2. The van der Waals surface area contributed by atoms with Crippen molar-refractivity contribution in [1.82, 2.24) is 4.98 Å². The molecular formula is C23H25NO4. The Labute approximate surface area is 164 Å². The van der Waals surface area contributed by atoms with Crippen LogP contribution in [0.2, 0.25) is 0 Å². The van der Waals surface area contributed by atoms with Crippen molar-refractivity contribution < 1.29 is 14.2 Å². The molecule has 4 rings (SSSR count). The molecule has 2 heterocycles. The molecule has 5 heteroatoms. The highest BCUT2D eigenvalue weighted by Crippen LogP contribution is 2.37. The number of H-pyrrole nitrogens is 1. The Balaban J connectivity index is 1.61. The molecule has 1 fully saturated rings. The number of aromatic amines is 1. The maximum Gasteiger partial charge on any atom is 0.255 e. The molecule has 0 aliphatic carbocycles. The third kappa shape index (κ3) is 3.55. The number of hydrogen-bond donors (Lipinski definition) is 1. The van der Waals surface area contributed by atoms with Gasteiger partial charge in [0.15, 0.2) is 0 Å². The van der Waals surface area contributed by atoms with Gasteiger partial charge in [-0.15, -0.1) is 0 Å². The van der Waals surface area contributed by atoms with Crippen LogP contribution in [0, 0.1) is 0 Å². The zero-order valence-electron chi connectivity index (χ0n) is 16.2. The van der Waals surface area contributed by atoms with Crippen LogP contribution in [-0.4, -0.2) is 25.3 Å². The van der Waals surface area contributed by atoms with E-state index in [0.29, 0.717) is 18.8 Å². The lowest BCUT2D eigenvalue weighted by Crippen LogP contribution is -2.35.